The molecule has 0 bridgehead atoms. The smallest absolute Gasteiger partial charge is 0.335 e. The summed E-state index contributed by atoms with van der Waals surface area (Å²) in [5, 5.41) is 11.9. The first kappa shape index (κ1) is 13.5. The summed E-state index contributed by atoms with van der Waals surface area (Å²) in [5.41, 5.74) is 2.86. The molecule has 2 heterocycles. The number of rotatable bonds is 4. The zero-order valence-electron chi connectivity index (χ0n) is 11.1. The molecule has 4 nitrogen and oxygen atoms in total. The molecule has 0 atom stereocenters. The molecule has 0 unspecified atom stereocenters. The molecule has 5 heteroatoms. The number of aromatic nitrogens is 2. The van der Waals surface area contributed by atoms with Crippen molar-refractivity contribution in [3.63, 3.8) is 0 Å². The van der Waals surface area contributed by atoms with Crippen LogP contribution in [0.4, 0.5) is 0 Å². The molecule has 0 saturated carbocycles. The zero-order valence-corrected chi connectivity index (χ0v) is 11.9. The number of hydrogen-bond donors (Lipinski definition) is 1. The molecule has 3 aromatic rings. The van der Waals surface area contributed by atoms with Gasteiger partial charge in [0, 0.05) is 29.3 Å². The van der Waals surface area contributed by atoms with E-state index >= 15 is 0 Å². The number of nitrogens with zero attached hydrogens (tertiary/aromatic N) is 2. The Labute approximate surface area is 125 Å². The molecule has 0 aliphatic carbocycles. The second-order valence-corrected chi connectivity index (χ2v) is 5.45. The second-order valence-electron chi connectivity index (χ2n) is 4.51. The summed E-state index contributed by atoms with van der Waals surface area (Å²) in [4.78, 5) is 19.8. The first-order valence-corrected chi connectivity index (χ1v) is 7.28. The second kappa shape index (κ2) is 5.85. The molecule has 0 amide bonds. The molecule has 1 aromatic carbocycles. The maximum absolute atomic E-state index is 11.0. The van der Waals surface area contributed by atoms with Crippen LogP contribution in [0, 0.1) is 0 Å². The molecular weight excluding hydrogens is 284 g/mol. The van der Waals surface area contributed by atoms with Crippen LogP contribution < -0.4 is 0 Å². The zero-order chi connectivity index (χ0) is 14.7. The minimum Gasteiger partial charge on any atom is -0.478 e. The molecular formula is C16H12N2O2S. The fraction of sp³-hybridized carbons (Fsp3) is 0.0625. The van der Waals surface area contributed by atoms with Crippen molar-refractivity contribution in [3.05, 3.63) is 70.3 Å². The average molecular weight is 296 g/mol. The van der Waals surface area contributed by atoms with Gasteiger partial charge < -0.3 is 5.11 Å². The molecule has 0 spiro atoms. The molecule has 2 aromatic heterocycles. The van der Waals surface area contributed by atoms with Crippen molar-refractivity contribution in [2.45, 2.75) is 6.42 Å². The summed E-state index contributed by atoms with van der Waals surface area (Å²) in [5.74, 6) is -0.930. The summed E-state index contributed by atoms with van der Waals surface area (Å²) in [6.07, 6.45) is 2.45. The van der Waals surface area contributed by atoms with Crippen molar-refractivity contribution < 1.29 is 9.90 Å². The first-order chi connectivity index (χ1) is 10.2. The number of carbonyl (C=O) groups is 1. The minimum atomic E-state index is -0.930. The number of carboxylic acid groups (broad SMARTS) is 1. The molecule has 0 radical (unpaired) electrons. The van der Waals surface area contributed by atoms with Gasteiger partial charge in [-0.25, -0.2) is 9.78 Å². The van der Waals surface area contributed by atoms with E-state index in [1.54, 1.807) is 35.7 Å². The highest BCUT2D eigenvalue weighted by Crippen LogP contribution is 2.24. The third-order valence-electron chi connectivity index (χ3n) is 3.02. The highest BCUT2D eigenvalue weighted by molar-refractivity contribution is 7.10. The number of hydrogen-bond acceptors (Lipinski definition) is 4. The largest absolute Gasteiger partial charge is 0.478 e. The van der Waals surface area contributed by atoms with Crippen molar-refractivity contribution in [1.82, 2.24) is 9.97 Å². The molecule has 0 saturated heterocycles. The molecule has 3 rings (SSSR count). The summed E-state index contributed by atoms with van der Waals surface area (Å²) >= 11 is 1.55. The normalized spacial score (nSPS) is 10.5. The number of carboxylic acids is 1. The maximum Gasteiger partial charge on any atom is 0.335 e. The van der Waals surface area contributed by atoms with Gasteiger partial charge in [-0.05, 0) is 24.3 Å². The summed E-state index contributed by atoms with van der Waals surface area (Å²) in [7, 11) is 0. The monoisotopic (exact) mass is 296 g/mol. The summed E-state index contributed by atoms with van der Waals surface area (Å²) in [6.45, 7) is 0. The minimum absolute atomic E-state index is 0.270. The van der Waals surface area contributed by atoms with Gasteiger partial charge in [-0.15, -0.1) is 11.3 Å². The van der Waals surface area contributed by atoms with Crippen molar-refractivity contribution in [1.29, 1.82) is 0 Å². The van der Waals surface area contributed by atoms with Gasteiger partial charge in [-0.1, -0.05) is 18.2 Å². The van der Waals surface area contributed by atoms with Gasteiger partial charge in [0.05, 0.1) is 16.3 Å². The Hall–Kier alpha value is -2.53. The van der Waals surface area contributed by atoms with Gasteiger partial charge >= 0.3 is 5.97 Å². The number of pyridine rings is 1. The van der Waals surface area contributed by atoms with Crippen LogP contribution in [0.2, 0.25) is 0 Å². The van der Waals surface area contributed by atoms with Crippen LogP contribution in [0.15, 0.2) is 54.0 Å². The van der Waals surface area contributed by atoms with E-state index < -0.39 is 5.97 Å². The molecule has 0 fully saturated rings. The van der Waals surface area contributed by atoms with E-state index in [0.717, 1.165) is 22.0 Å². The lowest BCUT2D eigenvalue weighted by molar-refractivity contribution is 0.0697. The van der Waals surface area contributed by atoms with E-state index in [2.05, 4.69) is 9.97 Å². The van der Waals surface area contributed by atoms with Crippen LogP contribution in [-0.4, -0.2) is 21.0 Å². The van der Waals surface area contributed by atoms with Crippen molar-refractivity contribution >= 4 is 17.3 Å². The lowest BCUT2D eigenvalue weighted by Crippen LogP contribution is -1.96. The van der Waals surface area contributed by atoms with Gasteiger partial charge in [0.25, 0.3) is 0 Å². The number of thiazole rings is 1. The van der Waals surface area contributed by atoms with E-state index in [9.17, 15) is 4.79 Å². The SMILES string of the molecule is O=C(O)c1cccc(-c2csc(Cc3ccccn3)n2)c1. The van der Waals surface area contributed by atoms with Gasteiger partial charge in [0.15, 0.2) is 0 Å². The van der Waals surface area contributed by atoms with E-state index in [1.807, 2.05) is 29.6 Å². The summed E-state index contributed by atoms with van der Waals surface area (Å²) < 4.78 is 0. The van der Waals surface area contributed by atoms with Gasteiger partial charge in [-0.3, -0.25) is 4.98 Å². The molecule has 1 N–H and O–H groups in total. The van der Waals surface area contributed by atoms with Crippen LogP contribution in [0.5, 0.6) is 0 Å². The highest BCUT2D eigenvalue weighted by atomic mass is 32.1. The Morgan fingerprint density at radius 1 is 1.19 bits per heavy atom. The van der Waals surface area contributed by atoms with Gasteiger partial charge in [-0.2, -0.15) is 0 Å². The van der Waals surface area contributed by atoms with Crippen molar-refractivity contribution in [2.24, 2.45) is 0 Å². The lowest BCUT2D eigenvalue weighted by Gasteiger charge is -1.99. The average Bonchev–Trinajstić information content (AvgIpc) is 2.97. The van der Waals surface area contributed by atoms with E-state index in [4.69, 9.17) is 5.11 Å². The first-order valence-electron chi connectivity index (χ1n) is 6.40. The highest BCUT2D eigenvalue weighted by Gasteiger charge is 2.08. The van der Waals surface area contributed by atoms with Crippen LogP contribution in [0.1, 0.15) is 21.1 Å². The Kier molecular flexibility index (Phi) is 3.75. The third-order valence-corrected chi connectivity index (χ3v) is 3.86. The lowest BCUT2D eigenvalue weighted by atomic mass is 10.1. The van der Waals surface area contributed by atoms with Crippen LogP contribution in [-0.2, 0) is 6.42 Å². The fourth-order valence-corrected chi connectivity index (χ4v) is 2.81. The van der Waals surface area contributed by atoms with E-state index in [1.165, 1.54) is 0 Å². The summed E-state index contributed by atoms with van der Waals surface area (Å²) in [6, 6.07) is 12.6. The Balaban J connectivity index is 1.85. The van der Waals surface area contributed by atoms with E-state index in [-0.39, 0.29) is 5.56 Å². The van der Waals surface area contributed by atoms with Gasteiger partial charge in [0.1, 0.15) is 0 Å². The van der Waals surface area contributed by atoms with Gasteiger partial charge in [0.2, 0.25) is 0 Å². The predicted octanol–water partition coefficient (Wildman–Crippen LogP) is 3.49. The Morgan fingerprint density at radius 2 is 2.10 bits per heavy atom. The molecule has 104 valence electrons. The van der Waals surface area contributed by atoms with Crippen LogP contribution in [0.25, 0.3) is 11.3 Å². The number of aromatic carboxylic acids is 1. The quantitative estimate of drug-likeness (QED) is 0.800. The molecule has 0 aliphatic rings. The van der Waals surface area contributed by atoms with Crippen molar-refractivity contribution in [3.8, 4) is 11.3 Å². The third kappa shape index (κ3) is 3.14. The molecule has 0 aliphatic heterocycles. The predicted molar refractivity (Wildman–Crippen MR) is 81.6 cm³/mol. The van der Waals surface area contributed by atoms with Crippen LogP contribution in [0.3, 0.4) is 0 Å². The number of benzene rings is 1. The van der Waals surface area contributed by atoms with Crippen LogP contribution >= 0.6 is 11.3 Å². The Morgan fingerprint density at radius 3 is 2.86 bits per heavy atom. The molecule has 21 heavy (non-hydrogen) atoms. The maximum atomic E-state index is 11.0. The topological polar surface area (TPSA) is 63.1 Å². The Bertz CT molecular complexity index is 769. The van der Waals surface area contributed by atoms with E-state index in [0.29, 0.717) is 6.42 Å². The fourth-order valence-electron chi connectivity index (χ4n) is 1.99. The standard InChI is InChI=1S/C16H12N2O2S/c19-16(20)12-5-3-4-11(8-12)14-10-21-15(18-14)9-13-6-1-2-7-17-13/h1-8,10H,9H2,(H,19,20). The van der Waals surface area contributed by atoms with Crippen molar-refractivity contribution in [2.75, 3.05) is 0 Å².